The van der Waals surface area contributed by atoms with Gasteiger partial charge in [-0.3, -0.25) is 0 Å². The molecule has 1 atom stereocenters. The summed E-state index contributed by atoms with van der Waals surface area (Å²) in [4.78, 5) is 23.6. The number of fused-ring (bicyclic) bond motifs is 1. The molecule has 3 aromatic rings. The fourth-order valence-corrected chi connectivity index (χ4v) is 3.94. The number of aromatic hydroxyl groups is 1. The molecule has 0 radical (unpaired) electrons. The van der Waals surface area contributed by atoms with Crippen molar-refractivity contribution in [2.75, 3.05) is 44.9 Å². The topological polar surface area (TPSA) is 96.8 Å². The van der Waals surface area contributed by atoms with E-state index in [1.165, 1.54) is 0 Å². The number of anilines is 1. The molecular weight excluding hydrogens is 408 g/mol. The van der Waals surface area contributed by atoms with E-state index >= 15 is 0 Å². The van der Waals surface area contributed by atoms with Gasteiger partial charge in [0.1, 0.15) is 18.2 Å². The lowest BCUT2D eigenvalue weighted by molar-refractivity contribution is 0.0979. The second kappa shape index (κ2) is 9.82. The highest BCUT2D eigenvalue weighted by Crippen LogP contribution is 2.33. The lowest BCUT2D eigenvalue weighted by Gasteiger charge is -2.21. The number of benzene rings is 2. The van der Waals surface area contributed by atoms with Crippen LogP contribution in [0.15, 0.2) is 42.5 Å². The van der Waals surface area contributed by atoms with Crippen LogP contribution in [0.25, 0.3) is 22.3 Å². The molecular formula is C24H32N4O4. The van der Waals surface area contributed by atoms with Gasteiger partial charge in [-0.15, -0.1) is 0 Å². The van der Waals surface area contributed by atoms with Crippen LogP contribution in [0.1, 0.15) is 14.8 Å². The number of rotatable bonds is 7. The van der Waals surface area contributed by atoms with Gasteiger partial charge in [-0.25, -0.2) is 14.8 Å². The van der Waals surface area contributed by atoms with Gasteiger partial charge in [0, 0.05) is 35.0 Å². The van der Waals surface area contributed by atoms with Crippen LogP contribution < -0.4 is 10.2 Å². The zero-order chi connectivity index (χ0) is 22.5. The number of carbonyl (C=O) groups is 1. The summed E-state index contributed by atoms with van der Waals surface area (Å²) < 4.78 is 9.95. The summed E-state index contributed by atoms with van der Waals surface area (Å²) in [6, 6.07) is 13.2. The summed E-state index contributed by atoms with van der Waals surface area (Å²) >= 11 is 0. The maximum atomic E-state index is 11.8. The fourth-order valence-electron chi connectivity index (χ4n) is 3.94. The molecule has 172 valence electrons. The summed E-state index contributed by atoms with van der Waals surface area (Å²) in [7, 11) is 1.57. The van der Waals surface area contributed by atoms with Gasteiger partial charge in [-0.1, -0.05) is 18.2 Å². The van der Waals surface area contributed by atoms with Crippen molar-refractivity contribution in [2.45, 2.75) is 13.3 Å². The molecule has 32 heavy (non-hydrogen) atoms. The molecule has 8 heteroatoms. The quantitative estimate of drug-likeness (QED) is 0.536. The van der Waals surface area contributed by atoms with Crippen LogP contribution in [-0.2, 0) is 9.47 Å². The number of amides is 1. The van der Waals surface area contributed by atoms with Crippen LogP contribution in [-0.4, -0.2) is 61.1 Å². The number of nitrogens with zero attached hydrogens (tertiary/aromatic N) is 3. The van der Waals surface area contributed by atoms with Crippen molar-refractivity contribution < 1.29 is 22.2 Å². The number of nitrogens with one attached hydrogen (secondary N) is 1. The van der Waals surface area contributed by atoms with Crippen molar-refractivity contribution in [1.82, 2.24) is 15.3 Å². The first-order valence-electron chi connectivity index (χ1n) is 10.8. The Kier molecular flexibility index (Phi) is 6.70. The van der Waals surface area contributed by atoms with Crippen molar-refractivity contribution in [3.05, 3.63) is 48.0 Å². The Morgan fingerprint density at radius 3 is 2.91 bits per heavy atom. The number of para-hydroxylation sites is 1. The average molecular weight is 441 g/mol. The fraction of sp³-hybridized carbons (Fsp3) is 0.375. The normalized spacial score (nSPS) is 15.8. The summed E-state index contributed by atoms with van der Waals surface area (Å²) in [5.41, 5.74) is 2.56. The molecule has 2 aromatic carbocycles. The standard InChI is InChI=1S/C24H28N4O4.2H2/c1-16-7-8-18-20(13-16)26-22(19-5-3-4-6-21(19)29)27-23(18)28-10-9-17(15-28)14-25-24(30)32-12-11-31-2;;/h3-8,13,17,29H,9-12,14-15H2,1-2H3,(H,25,30);2*1H/t17-;;/m0../s1. The number of aromatic nitrogens is 2. The van der Waals surface area contributed by atoms with E-state index in [2.05, 4.69) is 16.3 Å². The Bertz CT molecular complexity index is 1120. The van der Waals surface area contributed by atoms with E-state index in [4.69, 9.17) is 19.4 Å². The van der Waals surface area contributed by atoms with Crippen LogP contribution >= 0.6 is 0 Å². The smallest absolute Gasteiger partial charge is 0.407 e. The zero-order valence-electron chi connectivity index (χ0n) is 18.4. The van der Waals surface area contributed by atoms with E-state index < -0.39 is 6.09 Å². The number of carbonyl (C=O) groups excluding carboxylic acids is 1. The number of alkyl carbamates (subject to hydrolysis) is 1. The number of phenolic OH excluding ortho intramolecular Hbond substituents is 1. The van der Waals surface area contributed by atoms with Gasteiger partial charge in [0.25, 0.3) is 0 Å². The molecule has 1 fully saturated rings. The van der Waals surface area contributed by atoms with Crippen molar-refractivity contribution in [3.63, 3.8) is 0 Å². The Morgan fingerprint density at radius 1 is 1.25 bits per heavy atom. The Morgan fingerprint density at radius 2 is 2.09 bits per heavy atom. The van der Waals surface area contributed by atoms with E-state index in [0.29, 0.717) is 24.5 Å². The minimum Gasteiger partial charge on any atom is -0.507 e. The molecule has 1 aliphatic heterocycles. The number of hydrogen-bond donors (Lipinski definition) is 2. The van der Waals surface area contributed by atoms with Crippen LogP contribution in [0, 0.1) is 12.8 Å². The SMILES string of the molecule is COCCOC(=O)NC[C@@H]1CCN(c2nc(-c3ccccc3O)nc3cc(C)ccc23)C1.[HH].[HH]. The highest BCUT2D eigenvalue weighted by Gasteiger charge is 2.26. The van der Waals surface area contributed by atoms with Crippen LogP contribution in [0.5, 0.6) is 5.75 Å². The first-order valence-corrected chi connectivity index (χ1v) is 10.8. The average Bonchev–Trinajstić information content (AvgIpc) is 3.26. The highest BCUT2D eigenvalue weighted by atomic mass is 16.6. The third-order valence-corrected chi connectivity index (χ3v) is 5.62. The summed E-state index contributed by atoms with van der Waals surface area (Å²) in [6.07, 6.45) is 0.507. The third-order valence-electron chi connectivity index (χ3n) is 5.62. The predicted octanol–water partition coefficient (Wildman–Crippen LogP) is 4.00. The maximum absolute atomic E-state index is 11.8. The minimum atomic E-state index is -0.426. The summed E-state index contributed by atoms with van der Waals surface area (Å²) in [5.74, 6) is 1.79. The summed E-state index contributed by atoms with van der Waals surface area (Å²) in [6.45, 7) is 4.77. The molecule has 2 heterocycles. The monoisotopic (exact) mass is 440 g/mol. The number of aryl methyl sites for hydroxylation is 1. The summed E-state index contributed by atoms with van der Waals surface area (Å²) in [5, 5.41) is 14.1. The predicted molar refractivity (Wildman–Crippen MR) is 127 cm³/mol. The molecule has 0 aliphatic carbocycles. The number of hydrogen-bond acceptors (Lipinski definition) is 7. The molecule has 1 aromatic heterocycles. The van der Waals surface area contributed by atoms with Gasteiger partial charge >= 0.3 is 6.09 Å². The van der Waals surface area contributed by atoms with Crippen molar-refractivity contribution >= 4 is 22.8 Å². The highest BCUT2D eigenvalue weighted by molar-refractivity contribution is 5.92. The van der Waals surface area contributed by atoms with Gasteiger partial charge in [-0.2, -0.15) is 0 Å². The van der Waals surface area contributed by atoms with E-state index in [1.54, 1.807) is 19.2 Å². The molecule has 8 nitrogen and oxygen atoms in total. The van der Waals surface area contributed by atoms with Gasteiger partial charge < -0.3 is 24.8 Å². The van der Waals surface area contributed by atoms with Gasteiger partial charge in [0.15, 0.2) is 5.82 Å². The molecule has 1 saturated heterocycles. The van der Waals surface area contributed by atoms with Gasteiger partial charge in [0.2, 0.25) is 0 Å². The number of methoxy groups -OCH3 is 1. The largest absolute Gasteiger partial charge is 0.507 e. The molecule has 0 unspecified atom stereocenters. The van der Waals surface area contributed by atoms with Crippen LogP contribution in [0.2, 0.25) is 0 Å². The van der Waals surface area contributed by atoms with E-state index in [1.807, 2.05) is 31.2 Å². The lowest BCUT2D eigenvalue weighted by Crippen LogP contribution is -2.32. The van der Waals surface area contributed by atoms with Crippen molar-refractivity contribution in [3.8, 4) is 17.1 Å². The minimum absolute atomic E-state index is 0. The Hall–Kier alpha value is -3.39. The molecule has 0 spiro atoms. The van der Waals surface area contributed by atoms with E-state index in [9.17, 15) is 9.90 Å². The van der Waals surface area contributed by atoms with E-state index in [0.717, 1.165) is 41.8 Å². The van der Waals surface area contributed by atoms with Crippen molar-refractivity contribution in [1.29, 1.82) is 0 Å². The molecule has 1 amide bonds. The molecule has 4 rings (SSSR count). The van der Waals surface area contributed by atoms with Gasteiger partial charge in [-0.05, 0) is 49.1 Å². The molecule has 1 aliphatic rings. The maximum Gasteiger partial charge on any atom is 0.407 e. The van der Waals surface area contributed by atoms with Crippen molar-refractivity contribution in [2.24, 2.45) is 5.92 Å². The third kappa shape index (κ3) is 4.91. The number of phenols is 1. The Labute approximate surface area is 190 Å². The number of ether oxygens (including phenoxy) is 2. The van der Waals surface area contributed by atoms with Crippen LogP contribution in [0.3, 0.4) is 0 Å². The molecule has 0 bridgehead atoms. The molecule has 2 N–H and O–H groups in total. The second-order valence-corrected chi connectivity index (χ2v) is 8.02. The Balaban J connectivity index is 0.00000204. The van der Waals surface area contributed by atoms with Gasteiger partial charge in [0.05, 0.1) is 17.7 Å². The first kappa shape index (κ1) is 21.8. The van der Waals surface area contributed by atoms with Crippen LogP contribution in [0.4, 0.5) is 10.6 Å². The zero-order valence-corrected chi connectivity index (χ0v) is 18.4. The second-order valence-electron chi connectivity index (χ2n) is 8.02. The first-order chi connectivity index (χ1) is 15.5. The van der Waals surface area contributed by atoms with E-state index in [-0.39, 0.29) is 21.1 Å². The lowest BCUT2D eigenvalue weighted by atomic mass is 10.1. The molecule has 0 saturated carbocycles.